The highest BCUT2D eigenvalue weighted by Gasteiger charge is 2.12. The number of nitrogens with zero attached hydrogens (tertiary/aromatic N) is 2. The molecule has 0 unspecified atom stereocenters. The molecule has 118 valence electrons. The van der Waals surface area contributed by atoms with E-state index in [2.05, 4.69) is 15.2 Å². The van der Waals surface area contributed by atoms with Crippen molar-refractivity contribution in [1.29, 1.82) is 0 Å². The number of aromatic nitrogens is 3. The lowest BCUT2D eigenvalue weighted by Crippen LogP contribution is -2.02. The molecule has 0 saturated heterocycles. The molecule has 1 aromatic carbocycles. The Balaban J connectivity index is 1.62. The Morgan fingerprint density at radius 2 is 2.09 bits per heavy atom. The Morgan fingerprint density at radius 3 is 2.78 bits per heavy atom. The molecule has 2 aromatic heterocycles. The SMILES string of the molecule is CCOc1ccc(-c2nnc(SCC(=O)c3ccc[nH]3)o2)cc1. The van der Waals surface area contributed by atoms with Crippen molar-refractivity contribution < 1.29 is 13.9 Å². The minimum atomic E-state index is -0.0131. The van der Waals surface area contributed by atoms with Crippen LogP contribution in [0.15, 0.2) is 52.2 Å². The van der Waals surface area contributed by atoms with Crippen molar-refractivity contribution in [2.24, 2.45) is 0 Å². The van der Waals surface area contributed by atoms with Gasteiger partial charge in [-0.05, 0) is 43.3 Å². The number of thioether (sulfide) groups is 1. The number of hydrogen-bond acceptors (Lipinski definition) is 6. The molecule has 6 nitrogen and oxygen atoms in total. The molecule has 0 aliphatic carbocycles. The molecule has 23 heavy (non-hydrogen) atoms. The molecule has 1 N–H and O–H groups in total. The van der Waals surface area contributed by atoms with Crippen LogP contribution in [0.3, 0.4) is 0 Å². The van der Waals surface area contributed by atoms with Crippen LogP contribution in [0.5, 0.6) is 5.75 Å². The fourth-order valence-electron chi connectivity index (χ4n) is 1.95. The molecule has 0 bridgehead atoms. The van der Waals surface area contributed by atoms with Gasteiger partial charge in [-0.15, -0.1) is 10.2 Å². The van der Waals surface area contributed by atoms with E-state index in [1.807, 2.05) is 31.2 Å². The molecular formula is C16H15N3O3S. The second kappa shape index (κ2) is 7.15. The first kappa shape index (κ1) is 15.4. The summed E-state index contributed by atoms with van der Waals surface area (Å²) in [4.78, 5) is 14.8. The van der Waals surface area contributed by atoms with Gasteiger partial charge in [-0.1, -0.05) is 11.8 Å². The summed E-state index contributed by atoms with van der Waals surface area (Å²) in [5.74, 6) is 1.44. The van der Waals surface area contributed by atoms with Crippen molar-refractivity contribution in [3.63, 3.8) is 0 Å². The van der Waals surface area contributed by atoms with Crippen LogP contribution in [0.2, 0.25) is 0 Å². The van der Waals surface area contributed by atoms with Crippen molar-refractivity contribution in [2.45, 2.75) is 12.1 Å². The van der Waals surface area contributed by atoms with Gasteiger partial charge < -0.3 is 14.1 Å². The largest absolute Gasteiger partial charge is 0.494 e. The highest BCUT2D eigenvalue weighted by atomic mass is 32.2. The summed E-state index contributed by atoms with van der Waals surface area (Å²) in [6.45, 7) is 2.56. The first-order valence-electron chi connectivity index (χ1n) is 7.12. The van der Waals surface area contributed by atoms with E-state index >= 15 is 0 Å². The molecule has 0 aliphatic rings. The van der Waals surface area contributed by atoms with Crippen molar-refractivity contribution in [2.75, 3.05) is 12.4 Å². The minimum absolute atomic E-state index is 0.0131. The van der Waals surface area contributed by atoms with Gasteiger partial charge in [-0.3, -0.25) is 4.79 Å². The normalized spacial score (nSPS) is 10.7. The number of Topliss-reactive ketones (excluding diaryl/α,β-unsaturated/α-hetero) is 1. The Morgan fingerprint density at radius 1 is 1.26 bits per heavy atom. The van der Waals surface area contributed by atoms with E-state index in [0.29, 0.717) is 23.4 Å². The van der Waals surface area contributed by atoms with Crippen LogP contribution in [0.4, 0.5) is 0 Å². The van der Waals surface area contributed by atoms with Crippen molar-refractivity contribution >= 4 is 17.5 Å². The highest BCUT2D eigenvalue weighted by Crippen LogP contribution is 2.25. The summed E-state index contributed by atoms with van der Waals surface area (Å²) >= 11 is 1.22. The molecule has 0 atom stereocenters. The van der Waals surface area contributed by atoms with Crippen LogP contribution in [0, 0.1) is 0 Å². The monoisotopic (exact) mass is 329 g/mol. The van der Waals surface area contributed by atoms with Gasteiger partial charge in [0, 0.05) is 11.8 Å². The molecule has 2 heterocycles. The van der Waals surface area contributed by atoms with Crippen molar-refractivity contribution in [1.82, 2.24) is 15.2 Å². The number of hydrogen-bond donors (Lipinski definition) is 1. The standard InChI is InChI=1S/C16H15N3O3S/c1-2-21-12-7-5-11(6-8-12)15-18-19-16(22-15)23-10-14(20)13-4-3-9-17-13/h3-9,17H,2,10H2,1H3. The van der Waals surface area contributed by atoms with Gasteiger partial charge in [0.15, 0.2) is 5.78 Å². The molecule has 3 aromatic rings. The molecule has 0 fully saturated rings. The van der Waals surface area contributed by atoms with Gasteiger partial charge in [0.25, 0.3) is 5.22 Å². The van der Waals surface area contributed by atoms with Crippen LogP contribution >= 0.6 is 11.8 Å². The maximum Gasteiger partial charge on any atom is 0.277 e. The van der Waals surface area contributed by atoms with Crippen LogP contribution in [0.1, 0.15) is 17.4 Å². The van der Waals surface area contributed by atoms with Crippen LogP contribution in [-0.4, -0.2) is 33.3 Å². The molecule has 3 rings (SSSR count). The zero-order chi connectivity index (χ0) is 16.1. The Labute approximate surface area is 137 Å². The summed E-state index contributed by atoms with van der Waals surface area (Å²) in [6, 6.07) is 10.9. The predicted molar refractivity (Wildman–Crippen MR) is 86.8 cm³/mol. The van der Waals surface area contributed by atoms with Gasteiger partial charge in [-0.25, -0.2) is 0 Å². The highest BCUT2D eigenvalue weighted by molar-refractivity contribution is 7.99. The Hall–Kier alpha value is -2.54. The Bertz CT molecular complexity index is 766. The lowest BCUT2D eigenvalue weighted by atomic mass is 10.2. The van der Waals surface area contributed by atoms with E-state index in [4.69, 9.17) is 9.15 Å². The maximum absolute atomic E-state index is 11.9. The van der Waals surface area contributed by atoms with Gasteiger partial charge >= 0.3 is 0 Å². The van der Waals surface area contributed by atoms with E-state index in [0.717, 1.165) is 11.3 Å². The third kappa shape index (κ3) is 3.81. The fourth-order valence-corrected chi connectivity index (χ4v) is 2.60. The van der Waals surface area contributed by atoms with Gasteiger partial charge in [0.2, 0.25) is 5.89 Å². The third-order valence-electron chi connectivity index (χ3n) is 3.04. The van der Waals surface area contributed by atoms with Crippen LogP contribution < -0.4 is 4.74 Å². The summed E-state index contributed by atoms with van der Waals surface area (Å²) in [6.07, 6.45) is 1.72. The molecule has 0 aliphatic heterocycles. The molecule has 0 spiro atoms. The molecule has 0 amide bonds. The molecule has 0 saturated carbocycles. The van der Waals surface area contributed by atoms with Crippen LogP contribution in [0.25, 0.3) is 11.5 Å². The predicted octanol–water partition coefficient (Wildman–Crippen LogP) is 3.44. The van der Waals surface area contributed by atoms with E-state index < -0.39 is 0 Å². The zero-order valence-electron chi connectivity index (χ0n) is 12.5. The number of H-pyrrole nitrogens is 1. The van der Waals surface area contributed by atoms with Crippen molar-refractivity contribution in [3.05, 3.63) is 48.3 Å². The van der Waals surface area contributed by atoms with Gasteiger partial charge in [-0.2, -0.15) is 0 Å². The molecular weight excluding hydrogens is 314 g/mol. The number of ketones is 1. The van der Waals surface area contributed by atoms with E-state index in [1.54, 1.807) is 18.3 Å². The zero-order valence-corrected chi connectivity index (χ0v) is 13.3. The number of nitrogens with one attached hydrogen (secondary N) is 1. The van der Waals surface area contributed by atoms with Gasteiger partial charge in [0.05, 0.1) is 18.1 Å². The first-order chi connectivity index (χ1) is 11.3. The number of rotatable bonds is 7. The topological polar surface area (TPSA) is 81.0 Å². The van der Waals surface area contributed by atoms with Crippen molar-refractivity contribution in [3.8, 4) is 17.2 Å². The number of carbonyl (C=O) groups is 1. The van der Waals surface area contributed by atoms with Crippen LogP contribution in [-0.2, 0) is 0 Å². The minimum Gasteiger partial charge on any atom is -0.494 e. The average molecular weight is 329 g/mol. The average Bonchev–Trinajstić information content (AvgIpc) is 3.25. The van der Waals surface area contributed by atoms with E-state index in [9.17, 15) is 4.79 Å². The Kier molecular flexibility index (Phi) is 4.77. The number of carbonyl (C=O) groups excluding carboxylic acids is 1. The quantitative estimate of drug-likeness (QED) is 0.528. The number of benzene rings is 1. The fraction of sp³-hybridized carbons (Fsp3) is 0.188. The molecule has 0 radical (unpaired) electrons. The molecule has 7 heteroatoms. The smallest absolute Gasteiger partial charge is 0.277 e. The third-order valence-corrected chi connectivity index (χ3v) is 3.86. The second-order valence-corrected chi connectivity index (χ2v) is 5.55. The van der Waals surface area contributed by atoms with E-state index in [-0.39, 0.29) is 11.5 Å². The first-order valence-corrected chi connectivity index (χ1v) is 8.11. The summed E-state index contributed by atoms with van der Waals surface area (Å²) in [5, 5.41) is 8.33. The van der Waals surface area contributed by atoms with Gasteiger partial charge in [0.1, 0.15) is 5.75 Å². The van der Waals surface area contributed by atoms with E-state index in [1.165, 1.54) is 11.8 Å². The lowest BCUT2D eigenvalue weighted by Gasteiger charge is -2.02. The number of aromatic amines is 1. The maximum atomic E-state index is 11.9. The summed E-state index contributed by atoms with van der Waals surface area (Å²) in [5.41, 5.74) is 1.38. The second-order valence-electron chi connectivity index (χ2n) is 4.63. The summed E-state index contributed by atoms with van der Waals surface area (Å²) < 4.78 is 11.0. The lowest BCUT2D eigenvalue weighted by molar-refractivity contribution is 0.101. The number of ether oxygens (including phenoxy) is 1. The summed E-state index contributed by atoms with van der Waals surface area (Å²) in [7, 11) is 0.